The van der Waals surface area contributed by atoms with E-state index < -0.39 is 39.1 Å². The second-order valence-corrected chi connectivity index (χ2v) is 25.6. The molecule has 0 aliphatic carbocycles. The van der Waals surface area contributed by atoms with Gasteiger partial charge in [0.05, 0.1) is 7.11 Å². The fraction of sp³-hybridized carbons (Fsp3) is 0.0820. The minimum atomic E-state index is -4.83. The van der Waals surface area contributed by atoms with Gasteiger partial charge < -0.3 is 76.1 Å². The summed E-state index contributed by atoms with van der Waals surface area (Å²) >= 11 is 0. The van der Waals surface area contributed by atoms with Crippen LogP contribution in [-0.2, 0) is 22.8 Å². The number of ether oxygens (including phenoxy) is 5. The van der Waals surface area contributed by atoms with E-state index in [0.29, 0.717) is 48.4 Å². The standard InChI is InChI=1S/C16H15O6P.C15H14O9P2.2C15H13O6P.2Na/c1-20-14-5-2-11(3-6-14)13-8-12-4-7-15(22-23(17,18)19)9-16(12)21-10-13;16-25(17,18)23-13-4-1-10(2-5-13)12-7-11-3-6-14(24-26(19,20)21)8-15(11)22-9-12;2*16-13-4-1-10(2-5-13)12-7-11-3-6-14(21-22(17,18)19)8-15(11)20-9-12;;/h2-9H,10H2,1H3,(H2,17,18,19);1-8H,9H2,(H2,16,17,18)(H2,19,20,21);2*1-8,16H,9H2,(H2,17,18,19);;/q;;;;2*+1/p-2. The summed E-state index contributed by atoms with van der Waals surface area (Å²) in [7, 11) is -21.9. The van der Waals surface area contributed by atoms with Crippen molar-refractivity contribution >= 4 is 85.7 Å². The summed E-state index contributed by atoms with van der Waals surface area (Å²) in [6.07, 6.45) is 7.62. The monoisotopic (exact) mass is 1420 g/mol. The van der Waals surface area contributed by atoms with Crippen molar-refractivity contribution in [2.75, 3.05) is 33.5 Å². The Hall–Kier alpha value is -6.93. The minimum absolute atomic E-state index is 0. The topological polar surface area (TPSA) is 426 Å². The summed E-state index contributed by atoms with van der Waals surface area (Å²) in [6, 6.07) is 45.3. The molecule has 2 unspecified atom stereocenters. The third-order valence-electron chi connectivity index (χ3n) is 13.1. The number of rotatable bonds is 15. The molecule has 10 N–H and O–H groups in total. The van der Waals surface area contributed by atoms with Gasteiger partial charge in [-0.15, -0.1) is 0 Å². The number of hydrogen-bond donors (Lipinski definition) is 10. The molecule has 0 amide bonds. The van der Waals surface area contributed by atoms with Crippen LogP contribution < -0.4 is 115 Å². The van der Waals surface area contributed by atoms with E-state index in [1.54, 1.807) is 92.0 Å². The summed E-state index contributed by atoms with van der Waals surface area (Å²) in [4.78, 5) is 91.8. The van der Waals surface area contributed by atoms with Gasteiger partial charge >= 0.3 is 98.2 Å². The van der Waals surface area contributed by atoms with Crippen LogP contribution in [-0.4, -0.2) is 82.9 Å². The van der Waals surface area contributed by atoms with Crippen molar-refractivity contribution in [3.63, 3.8) is 0 Å². The number of phenols is 2. The minimum Gasteiger partial charge on any atom is -0.746 e. The molecule has 0 radical (unpaired) electrons. The molecule has 27 nitrogen and oxygen atoms in total. The van der Waals surface area contributed by atoms with E-state index in [1.165, 1.54) is 60.7 Å². The van der Waals surface area contributed by atoms with Crippen molar-refractivity contribution in [1.29, 1.82) is 0 Å². The van der Waals surface area contributed by atoms with Gasteiger partial charge in [0.15, 0.2) is 0 Å². The Balaban J connectivity index is 0.000000178. The van der Waals surface area contributed by atoms with Crippen molar-refractivity contribution in [3.05, 3.63) is 214 Å². The Morgan fingerprint density at radius 1 is 0.326 bits per heavy atom. The predicted molar refractivity (Wildman–Crippen MR) is 334 cm³/mol. The zero-order valence-corrected chi connectivity index (χ0v) is 58.4. The molecule has 0 aromatic heterocycles. The van der Waals surface area contributed by atoms with Crippen LogP contribution >= 0.6 is 39.1 Å². The molecule has 4 aliphatic rings. The van der Waals surface area contributed by atoms with Crippen LogP contribution in [0.25, 0.3) is 46.6 Å². The van der Waals surface area contributed by atoms with Crippen LogP contribution in [0.2, 0.25) is 0 Å². The van der Waals surface area contributed by atoms with E-state index in [1.807, 2.05) is 48.6 Å². The smallest absolute Gasteiger partial charge is 0.746 e. The van der Waals surface area contributed by atoms with E-state index in [4.69, 9.17) is 62.8 Å². The van der Waals surface area contributed by atoms with E-state index in [0.717, 1.165) is 67.0 Å². The number of hydrogen-bond acceptors (Lipinski definition) is 19. The van der Waals surface area contributed by atoms with Gasteiger partial charge in [0, 0.05) is 46.5 Å². The second-order valence-electron chi connectivity index (χ2n) is 19.8. The molecular weight excluding hydrogens is 1370 g/mol. The molecule has 2 atom stereocenters. The molecule has 0 saturated heterocycles. The number of phosphoric ester groups is 5. The quantitative estimate of drug-likeness (QED) is 0.0512. The SMILES string of the molecule is COc1ccc(C2=Cc3ccc(OP(=O)([O-])O)cc3OC2)cc1.O=P(O)(O)Oc1ccc(C2=Cc3ccc(OP(=O)(O)O)cc3OC2)cc1.O=P(O)(O)Oc1ccc2c(c1)OCC(c1ccc(O)cc1)=C2.O=P([O-])(O)Oc1ccc2c(c1)OCC(c1ccc(O)cc1)=C2.[Na+].[Na+]. The molecule has 0 bridgehead atoms. The zero-order chi connectivity index (χ0) is 66.9. The fourth-order valence-corrected chi connectivity index (χ4v) is 11.0. The largest absolute Gasteiger partial charge is 1.00 e. The summed E-state index contributed by atoms with van der Waals surface area (Å²) in [5, 5.41) is 18.6. The van der Waals surface area contributed by atoms with Crippen LogP contribution in [0.1, 0.15) is 44.5 Å². The first-order chi connectivity index (χ1) is 43.8. The third-order valence-corrected chi connectivity index (χ3v) is 15.3. The average Bonchev–Trinajstić information content (AvgIpc) is 0.833. The van der Waals surface area contributed by atoms with Gasteiger partial charge in [-0.05, 0) is 166 Å². The van der Waals surface area contributed by atoms with Gasteiger partial charge in [-0.1, -0.05) is 48.5 Å². The van der Waals surface area contributed by atoms with E-state index >= 15 is 0 Å². The average molecular weight is 1420 g/mol. The number of aromatic hydroxyl groups is 2. The molecule has 4 aliphatic heterocycles. The molecular formula is C61H53Na2O27P5. The normalized spacial score (nSPS) is 14.6. The molecule has 486 valence electrons. The molecule has 4 heterocycles. The maximum atomic E-state index is 10.9. The number of phenolic OH excluding ortho intramolecular Hbond substituents is 2. The third kappa shape index (κ3) is 23.4. The van der Waals surface area contributed by atoms with Gasteiger partial charge in [0.25, 0.3) is 0 Å². The Kier molecular flexibility index (Phi) is 25.7. The maximum Gasteiger partial charge on any atom is 1.00 e. The molecule has 95 heavy (non-hydrogen) atoms. The Morgan fingerprint density at radius 2 is 0.547 bits per heavy atom. The molecule has 0 saturated carbocycles. The first kappa shape index (κ1) is 75.5. The van der Waals surface area contributed by atoms with Gasteiger partial charge in [0.1, 0.15) is 95.4 Å². The summed E-state index contributed by atoms with van der Waals surface area (Å²) < 4.78 is 104. The van der Waals surface area contributed by atoms with Crippen LogP contribution in [0.5, 0.6) is 69.0 Å². The van der Waals surface area contributed by atoms with Crippen molar-refractivity contribution < 1.29 is 187 Å². The van der Waals surface area contributed by atoms with E-state index in [2.05, 4.69) is 22.6 Å². The summed E-state index contributed by atoms with van der Waals surface area (Å²) in [5.41, 5.74) is 10.3. The van der Waals surface area contributed by atoms with Gasteiger partial charge in [0.2, 0.25) is 0 Å². The Bertz CT molecular complexity index is 4290. The predicted octanol–water partition coefficient (Wildman–Crippen LogP) is 4.00. The van der Waals surface area contributed by atoms with Crippen LogP contribution in [0, 0.1) is 0 Å². The first-order valence-corrected chi connectivity index (χ1v) is 34.4. The molecule has 0 fully saturated rings. The van der Waals surface area contributed by atoms with Crippen molar-refractivity contribution in [2.24, 2.45) is 0 Å². The molecule has 8 aromatic rings. The van der Waals surface area contributed by atoms with Gasteiger partial charge in [-0.2, -0.15) is 0 Å². The number of methoxy groups -OCH3 is 1. The molecule has 0 spiro atoms. The van der Waals surface area contributed by atoms with Gasteiger partial charge in [-0.25, -0.2) is 13.7 Å². The molecule has 34 heteroatoms. The zero-order valence-electron chi connectivity index (χ0n) is 50.0. The Labute approximate surface area is 585 Å². The fourth-order valence-electron chi connectivity index (χ4n) is 9.03. The first-order valence-electron chi connectivity index (χ1n) is 26.8. The maximum absolute atomic E-state index is 10.9. The summed E-state index contributed by atoms with van der Waals surface area (Å²) in [5.74, 6) is 3.11. The van der Waals surface area contributed by atoms with Crippen molar-refractivity contribution in [2.45, 2.75) is 0 Å². The molecule has 12 rings (SSSR count). The number of fused-ring (bicyclic) bond motifs is 4. The second kappa shape index (κ2) is 32.4. The van der Waals surface area contributed by atoms with Crippen molar-refractivity contribution in [3.8, 4) is 69.0 Å². The van der Waals surface area contributed by atoms with Crippen LogP contribution in [0.3, 0.4) is 0 Å². The van der Waals surface area contributed by atoms with Crippen molar-refractivity contribution in [1.82, 2.24) is 0 Å². The summed E-state index contributed by atoms with van der Waals surface area (Å²) in [6.45, 7) is 1.16. The molecule has 8 aromatic carbocycles. The van der Waals surface area contributed by atoms with E-state index in [-0.39, 0.29) is 106 Å². The van der Waals surface area contributed by atoms with Gasteiger partial charge in [-0.3, -0.25) is 38.5 Å². The van der Waals surface area contributed by atoms with Crippen LogP contribution in [0.15, 0.2) is 170 Å². The number of benzene rings is 8. The Morgan fingerprint density at radius 3 is 0.789 bits per heavy atom. The van der Waals surface area contributed by atoms with E-state index in [9.17, 15) is 42.8 Å². The number of phosphoric acid groups is 5. The van der Waals surface area contributed by atoms with Crippen LogP contribution in [0.4, 0.5) is 0 Å².